The first-order valence-corrected chi connectivity index (χ1v) is 7.01. The number of unbranched alkanes of at least 4 members (excludes halogenated alkanes) is 1. The first kappa shape index (κ1) is 11.9. The molecule has 16 heavy (non-hydrogen) atoms. The van der Waals surface area contributed by atoms with Gasteiger partial charge in [-0.1, -0.05) is 12.8 Å². The molecular weight excluding hydrogens is 196 g/mol. The van der Waals surface area contributed by atoms with Gasteiger partial charge in [0.2, 0.25) is 0 Å². The zero-order chi connectivity index (χ0) is 11.2. The zero-order valence-electron chi connectivity index (χ0n) is 10.3. The molecule has 2 aliphatic rings. The zero-order valence-corrected chi connectivity index (χ0v) is 10.3. The van der Waals surface area contributed by atoms with E-state index in [0.717, 1.165) is 24.8 Å². The lowest BCUT2D eigenvalue weighted by molar-refractivity contribution is 0.130. The van der Waals surface area contributed by atoms with Gasteiger partial charge in [-0.25, -0.2) is 0 Å². The van der Waals surface area contributed by atoms with E-state index in [9.17, 15) is 0 Å². The van der Waals surface area contributed by atoms with Crippen LogP contribution >= 0.6 is 0 Å². The van der Waals surface area contributed by atoms with Crippen molar-refractivity contribution < 1.29 is 0 Å². The molecule has 2 heteroatoms. The second kappa shape index (κ2) is 6.25. The molecule has 0 atom stereocenters. The van der Waals surface area contributed by atoms with Crippen LogP contribution in [0.5, 0.6) is 0 Å². The second-order valence-corrected chi connectivity index (χ2v) is 5.47. The highest BCUT2D eigenvalue weighted by atomic mass is 15.2. The normalized spacial score (nSPS) is 24.7. The molecule has 0 spiro atoms. The smallest absolute Gasteiger partial charge is 0.0621 e. The van der Waals surface area contributed by atoms with Crippen molar-refractivity contribution in [1.82, 2.24) is 4.90 Å². The molecule has 0 bridgehead atoms. The number of nitrogens with zero attached hydrogens (tertiary/aromatic N) is 2. The van der Waals surface area contributed by atoms with Gasteiger partial charge in [0.05, 0.1) is 6.07 Å². The van der Waals surface area contributed by atoms with Gasteiger partial charge in [0.1, 0.15) is 0 Å². The third kappa shape index (κ3) is 3.22. The fourth-order valence-corrected chi connectivity index (χ4v) is 3.35. The fourth-order valence-electron chi connectivity index (χ4n) is 3.35. The maximum atomic E-state index is 8.52. The quantitative estimate of drug-likeness (QED) is 0.679. The summed E-state index contributed by atoms with van der Waals surface area (Å²) in [5, 5.41) is 8.52. The van der Waals surface area contributed by atoms with Crippen LogP contribution in [-0.4, -0.2) is 24.0 Å². The molecular formula is C14H24N2. The number of nitriles is 1. The highest BCUT2D eigenvalue weighted by Gasteiger charge is 2.26. The van der Waals surface area contributed by atoms with Crippen LogP contribution in [0.25, 0.3) is 0 Å². The van der Waals surface area contributed by atoms with Gasteiger partial charge >= 0.3 is 0 Å². The SMILES string of the molecule is N#CCCCC1CCN(C2CCCC2)CC1. The molecule has 0 aromatic rings. The van der Waals surface area contributed by atoms with E-state index in [0.29, 0.717) is 0 Å². The molecule has 90 valence electrons. The van der Waals surface area contributed by atoms with Gasteiger partial charge in [0.15, 0.2) is 0 Å². The van der Waals surface area contributed by atoms with E-state index in [-0.39, 0.29) is 0 Å². The Kier molecular flexibility index (Phi) is 4.66. The first-order chi connectivity index (χ1) is 7.90. The number of hydrogen-bond donors (Lipinski definition) is 0. The number of rotatable bonds is 4. The van der Waals surface area contributed by atoms with Crippen molar-refractivity contribution in [3.8, 4) is 6.07 Å². The second-order valence-electron chi connectivity index (χ2n) is 5.47. The molecule has 0 unspecified atom stereocenters. The topological polar surface area (TPSA) is 27.0 Å². The molecule has 0 amide bonds. The third-order valence-electron chi connectivity index (χ3n) is 4.39. The van der Waals surface area contributed by atoms with Gasteiger partial charge in [-0.05, 0) is 57.5 Å². The summed E-state index contributed by atoms with van der Waals surface area (Å²) < 4.78 is 0. The lowest BCUT2D eigenvalue weighted by Gasteiger charge is -2.36. The highest BCUT2D eigenvalue weighted by Crippen LogP contribution is 2.29. The molecule has 1 saturated carbocycles. The fraction of sp³-hybridized carbons (Fsp3) is 0.929. The van der Waals surface area contributed by atoms with Crippen molar-refractivity contribution in [1.29, 1.82) is 5.26 Å². The Balaban J connectivity index is 1.64. The Labute approximate surface area is 99.6 Å². The lowest BCUT2D eigenvalue weighted by atomic mass is 9.91. The summed E-state index contributed by atoms with van der Waals surface area (Å²) in [6.45, 7) is 2.64. The Hall–Kier alpha value is -0.550. The van der Waals surface area contributed by atoms with Crippen LogP contribution in [0.4, 0.5) is 0 Å². The Morgan fingerprint density at radius 1 is 1.06 bits per heavy atom. The summed E-state index contributed by atoms with van der Waals surface area (Å²) in [4.78, 5) is 2.73. The molecule has 1 aliphatic heterocycles. The summed E-state index contributed by atoms with van der Waals surface area (Å²) in [6.07, 6.45) is 11.7. The van der Waals surface area contributed by atoms with Crippen molar-refractivity contribution in [2.45, 2.75) is 63.8 Å². The largest absolute Gasteiger partial charge is 0.300 e. The maximum Gasteiger partial charge on any atom is 0.0621 e. The van der Waals surface area contributed by atoms with Crippen LogP contribution in [0.3, 0.4) is 0 Å². The third-order valence-corrected chi connectivity index (χ3v) is 4.39. The minimum atomic E-state index is 0.753. The summed E-state index contributed by atoms with van der Waals surface area (Å²) >= 11 is 0. The van der Waals surface area contributed by atoms with E-state index in [2.05, 4.69) is 11.0 Å². The molecule has 0 aromatic heterocycles. The van der Waals surface area contributed by atoms with Gasteiger partial charge in [-0.2, -0.15) is 5.26 Å². The van der Waals surface area contributed by atoms with Gasteiger partial charge in [-0.3, -0.25) is 0 Å². The van der Waals surface area contributed by atoms with Crippen molar-refractivity contribution >= 4 is 0 Å². The number of hydrogen-bond acceptors (Lipinski definition) is 2. The summed E-state index contributed by atoms with van der Waals surface area (Å²) in [5.74, 6) is 0.908. The molecule has 0 radical (unpaired) electrons. The predicted molar refractivity (Wildman–Crippen MR) is 66.0 cm³/mol. The van der Waals surface area contributed by atoms with E-state index in [1.165, 1.54) is 58.0 Å². The molecule has 2 fully saturated rings. The Morgan fingerprint density at radius 2 is 1.75 bits per heavy atom. The average Bonchev–Trinajstić information content (AvgIpc) is 2.84. The average molecular weight is 220 g/mol. The maximum absolute atomic E-state index is 8.52. The van der Waals surface area contributed by atoms with E-state index in [1.807, 2.05) is 0 Å². The van der Waals surface area contributed by atoms with Gasteiger partial charge in [0.25, 0.3) is 0 Å². The number of likely N-dealkylation sites (tertiary alicyclic amines) is 1. The molecule has 1 heterocycles. The van der Waals surface area contributed by atoms with E-state index in [4.69, 9.17) is 5.26 Å². The van der Waals surface area contributed by atoms with Crippen molar-refractivity contribution in [2.24, 2.45) is 5.92 Å². The lowest BCUT2D eigenvalue weighted by Crippen LogP contribution is -2.40. The number of piperidine rings is 1. The molecule has 0 aromatic carbocycles. The monoisotopic (exact) mass is 220 g/mol. The minimum Gasteiger partial charge on any atom is -0.300 e. The summed E-state index contributed by atoms with van der Waals surface area (Å²) in [5.41, 5.74) is 0. The van der Waals surface area contributed by atoms with Crippen LogP contribution in [0.15, 0.2) is 0 Å². The molecule has 1 aliphatic carbocycles. The highest BCUT2D eigenvalue weighted by molar-refractivity contribution is 4.82. The molecule has 2 nitrogen and oxygen atoms in total. The van der Waals surface area contributed by atoms with Crippen LogP contribution in [0.1, 0.15) is 57.8 Å². The van der Waals surface area contributed by atoms with Gasteiger partial charge < -0.3 is 4.90 Å². The van der Waals surface area contributed by atoms with Crippen LogP contribution in [0.2, 0.25) is 0 Å². The summed E-state index contributed by atoms with van der Waals surface area (Å²) in [7, 11) is 0. The molecule has 1 saturated heterocycles. The van der Waals surface area contributed by atoms with Gasteiger partial charge in [0, 0.05) is 12.5 Å². The van der Waals surface area contributed by atoms with Crippen molar-refractivity contribution in [3.63, 3.8) is 0 Å². The van der Waals surface area contributed by atoms with E-state index in [1.54, 1.807) is 0 Å². The van der Waals surface area contributed by atoms with Crippen molar-refractivity contribution in [3.05, 3.63) is 0 Å². The van der Waals surface area contributed by atoms with Crippen LogP contribution in [0, 0.1) is 17.2 Å². The van der Waals surface area contributed by atoms with Crippen LogP contribution < -0.4 is 0 Å². The molecule has 0 N–H and O–H groups in total. The van der Waals surface area contributed by atoms with E-state index < -0.39 is 0 Å². The predicted octanol–water partition coefficient (Wildman–Crippen LogP) is 3.33. The van der Waals surface area contributed by atoms with E-state index >= 15 is 0 Å². The Bertz CT molecular complexity index is 230. The van der Waals surface area contributed by atoms with Gasteiger partial charge in [-0.15, -0.1) is 0 Å². The minimum absolute atomic E-state index is 0.753. The Morgan fingerprint density at radius 3 is 2.38 bits per heavy atom. The standard InChI is InChI=1S/C14H24N2/c15-10-4-3-5-13-8-11-16(12-9-13)14-6-1-2-7-14/h13-14H,1-9,11-12H2. The first-order valence-electron chi connectivity index (χ1n) is 7.01. The van der Waals surface area contributed by atoms with Crippen molar-refractivity contribution in [2.75, 3.05) is 13.1 Å². The molecule has 2 rings (SSSR count). The van der Waals surface area contributed by atoms with Crippen LogP contribution in [-0.2, 0) is 0 Å². The summed E-state index contributed by atoms with van der Waals surface area (Å²) in [6, 6.07) is 3.17.